The SMILES string of the molecule is COC(=O)N1CCCC1C(=O)Nc1ccc(S(=O)(=O)N(C)C)cc1. The van der Waals surface area contributed by atoms with E-state index in [9.17, 15) is 18.0 Å². The van der Waals surface area contributed by atoms with Crippen molar-refractivity contribution >= 4 is 27.7 Å². The predicted molar refractivity (Wildman–Crippen MR) is 88.1 cm³/mol. The summed E-state index contributed by atoms with van der Waals surface area (Å²) in [5.74, 6) is -0.318. The first-order valence-corrected chi connectivity index (χ1v) is 8.89. The zero-order valence-corrected chi connectivity index (χ0v) is 14.7. The Kier molecular flexibility index (Phi) is 5.45. The Morgan fingerprint density at radius 3 is 2.42 bits per heavy atom. The van der Waals surface area contributed by atoms with Crippen molar-refractivity contribution in [1.82, 2.24) is 9.21 Å². The van der Waals surface area contributed by atoms with E-state index in [-0.39, 0.29) is 10.8 Å². The number of ether oxygens (including phenoxy) is 1. The van der Waals surface area contributed by atoms with Crippen LogP contribution >= 0.6 is 0 Å². The van der Waals surface area contributed by atoms with Gasteiger partial charge in [-0.15, -0.1) is 0 Å². The van der Waals surface area contributed by atoms with Crippen LogP contribution in [0, 0.1) is 0 Å². The van der Waals surface area contributed by atoms with E-state index in [2.05, 4.69) is 10.1 Å². The molecule has 1 aliphatic heterocycles. The van der Waals surface area contributed by atoms with Gasteiger partial charge in [0, 0.05) is 26.3 Å². The van der Waals surface area contributed by atoms with E-state index in [1.165, 1.54) is 50.4 Å². The van der Waals surface area contributed by atoms with Crippen LogP contribution in [0.15, 0.2) is 29.2 Å². The monoisotopic (exact) mass is 355 g/mol. The number of hydrogen-bond donors (Lipinski definition) is 1. The van der Waals surface area contributed by atoms with Crippen LogP contribution in [0.3, 0.4) is 0 Å². The van der Waals surface area contributed by atoms with E-state index in [4.69, 9.17) is 0 Å². The lowest BCUT2D eigenvalue weighted by Gasteiger charge is -2.22. The molecule has 0 radical (unpaired) electrons. The van der Waals surface area contributed by atoms with E-state index >= 15 is 0 Å². The van der Waals surface area contributed by atoms with Crippen molar-refractivity contribution in [2.75, 3.05) is 33.1 Å². The number of anilines is 1. The first-order valence-electron chi connectivity index (χ1n) is 7.45. The Bertz CT molecular complexity index is 715. The number of amides is 2. The molecule has 132 valence electrons. The molecular formula is C15H21N3O5S. The Morgan fingerprint density at radius 2 is 1.88 bits per heavy atom. The fourth-order valence-electron chi connectivity index (χ4n) is 2.52. The summed E-state index contributed by atoms with van der Waals surface area (Å²) in [5.41, 5.74) is 0.467. The maximum atomic E-state index is 12.3. The van der Waals surface area contributed by atoms with Gasteiger partial charge in [0.25, 0.3) is 0 Å². The second kappa shape index (κ2) is 7.18. The number of carbonyl (C=O) groups is 2. The minimum Gasteiger partial charge on any atom is -0.453 e. The quantitative estimate of drug-likeness (QED) is 0.873. The first kappa shape index (κ1) is 18.2. The van der Waals surface area contributed by atoms with Gasteiger partial charge in [0.05, 0.1) is 12.0 Å². The molecule has 8 nitrogen and oxygen atoms in total. The average Bonchev–Trinajstić information content (AvgIpc) is 3.04. The van der Waals surface area contributed by atoms with Crippen LogP contribution in [0.2, 0.25) is 0 Å². The summed E-state index contributed by atoms with van der Waals surface area (Å²) in [4.78, 5) is 25.5. The van der Waals surface area contributed by atoms with Crippen LogP contribution in [0.1, 0.15) is 12.8 Å². The van der Waals surface area contributed by atoms with Gasteiger partial charge in [0.15, 0.2) is 0 Å². The van der Waals surface area contributed by atoms with Gasteiger partial charge in [-0.25, -0.2) is 17.5 Å². The molecule has 0 saturated carbocycles. The number of likely N-dealkylation sites (tertiary alicyclic amines) is 1. The molecule has 0 aromatic heterocycles. The Balaban J connectivity index is 2.09. The van der Waals surface area contributed by atoms with Crippen LogP contribution in [-0.2, 0) is 19.6 Å². The summed E-state index contributed by atoms with van der Waals surface area (Å²) in [5, 5.41) is 2.70. The molecule has 1 aromatic rings. The van der Waals surface area contributed by atoms with Gasteiger partial charge in [-0.1, -0.05) is 0 Å². The van der Waals surface area contributed by atoms with Crippen molar-refractivity contribution in [3.63, 3.8) is 0 Å². The molecule has 1 fully saturated rings. The smallest absolute Gasteiger partial charge is 0.410 e. The van der Waals surface area contributed by atoms with Crippen LogP contribution in [0.25, 0.3) is 0 Å². The Morgan fingerprint density at radius 1 is 1.25 bits per heavy atom. The van der Waals surface area contributed by atoms with Gasteiger partial charge in [0.1, 0.15) is 6.04 Å². The number of sulfonamides is 1. The maximum absolute atomic E-state index is 12.3. The van der Waals surface area contributed by atoms with Crippen LogP contribution in [-0.4, -0.2) is 63.4 Å². The minimum atomic E-state index is -3.51. The average molecular weight is 355 g/mol. The molecule has 1 saturated heterocycles. The lowest BCUT2D eigenvalue weighted by molar-refractivity contribution is -0.119. The molecule has 1 aliphatic rings. The van der Waals surface area contributed by atoms with Crippen molar-refractivity contribution in [3.05, 3.63) is 24.3 Å². The topological polar surface area (TPSA) is 96.0 Å². The fraction of sp³-hybridized carbons (Fsp3) is 0.467. The standard InChI is InChI=1S/C15H21N3O5S/c1-17(2)24(21,22)12-8-6-11(7-9-12)16-14(19)13-5-4-10-18(13)15(20)23-3/h6-9,13H,4-5,10H2,1-3H3,(H,16,19). The lowest BCUT2D eigenvalue weighted by atomic mass is 10.2. The lowest BCUT2D eigenvalue weighted by Crippen LogP contribution is -2.43. The number of carbonyl (C=O) groups excluding carboxylic acids is 2. The number of rotatable bonds is 4. The zero-order valence-electron chi connectivity index (χ0n) is 13.9. The highest BCUT2D eigenvalue weighted by atomic mass is 32.2. The van der Waals surface area contributed by atoms with Gasteiger partial charge in [-0.05, 0) is 37.1 Å². The third-order valence-electron chi connectivity index (χ3n) is 3.87. The largest absolute Gasteiger partial charge is 0.453 e. The van der Waals surface area contributed by atoms with E-state index in [0.29, 0.717) is 18.7 Å². The van der Waals surface area contributed by atoms with Crippen molar-refractivity contribution in [2.24, 2.45) is 0 Å². The van der Waals surface area contributed by atoms with Gasteiger partial charge >= 0.3 is 6.09 Å². The van der Waals surface area contributed by atoms with Crippen LogP contribution in [0.5, 0.6) is 0 Å². The van der Waals surface area contributed by atoms with Crippen LogP contribution in [0.4, 0.5) is 10.5 Å². The molecule has 1 atom stereocenters. The van der Waals surface area contributed by atoms with Crippen molar-refractivity contribution in [1.29, 1.82) is 0 Å². The van der Waals surface area contributed by atoms with E-state index in [1.54, 1.807) is 0 Å². The molecule has 2 amide bonds. The highest BCUT2D eigenvalue weighted by molar-refractivity contribution is 7.89. The molecule has 9 heteroatoms. The summed E-state index contributed by atoms with van der Waals surface area (Å²) < 4.78 is 29.8. The molecule has 2 rings (SSSR count). The number of nitrogens with zero attached hydrogens (tertiary/aromatic N) is 2. The summed E-state index contributed by atoms with van der Waals surface area (Å²) in [6.45, 7) is 0.477. The first-order chi connectivity index (χ1) is 11.3. The molecular weight excluding hydrogens is 334 g/mol. The zero-order chi connectivity index (χ0) is 17.9. The number of benzene rings is 1. The Hall–Kier alpha value is -2.13. The van der Waals surface area contributed by atoms with E-state index in [0.717, 1.165) is 10.7 Å². The third kappa shape index (κ3) is 3.68. The van der Waals surface area contributed by atoms with Gasteiger partial charge in [-0.3, -0.25) is 9.69 Å². The highest BCUT2D eigenvalue weighted by Gasteiger charge is 2.34. The number of nitrogens with one attached hydrogen (secondary N) is 1. The minimum absolute atomic E-state index is 0.141. The van der Waals surface area contributed by atoms with Crippen molar-refractivity contribution in [2.45, 2.75) is 23.8 Å². The van der Waals surface area contributed by atoms with Crippen molar-refractivity contribution < 1.29 is 22.7 Å². The molecule has 1 heterocycles. The molecule has 0 bridgehead atoms. The van der Waals surface area contributed by atoms with Gasteiger partial charge < -0.3 is 10.1 Å². The summed E-state index contributed by atoms with van der Waals surface area (Å²) >= 11 is 0. The fourth-order valence-corrected chi connectivity index (χ4v) is 3.42. The van der Waals surface area contributed by atoms with Gasteiger partial charge in [0.2, 0.25) is 15.9 Å². The second-order valence-electron chi connectivity index (χ2n) is 5.62. The summed E-state index contributed by atoms with van der Waals surface area (Å²) in [7, 11) is 0.669. The van der Waals surface area contributed by atoms with Crippen molar-refractivity contribution in [3.8, 4) is 0 Å². The number of methoxy groups -OCH3 is 1. The molecule has 0 spiro atoms. The maximum Gasteiger partial charge on any atom is 0.410 e. The van der Waals surface area contributed by atoms with E-state index < -0.39 is 22.2 Å². The van der Waals surface area contributed by atoms with E-state index in [1.807, 2.05) is 0 Å². The molecule has 1 N–H and O–H groups in total. The number of hydrogen-bond acceptors (Lipinski definition) is 5. The summed E-state index contributed by atoms with van der Waals surface area (Å²) in [6, 6.07) is 5.31. The summed E-state index contributed by atoms with van der Waals surface area (Å²) in [6.07, 6.45) is 0.765. The normalized spacial score (nSPS) is 17.8. The third-order valence-corrected chi connectivity index (χ3v) is 5.69. The Labute approximate surface area is 141 Å². The molecule has 1 aromatic carbocycles. The van der Waals surface area contributed by atoms with Gasteiger partial charge in [-0.2, -0.15) is 0 Å². The second-order valence-corrected chi connectivity index (χ2v) is 7.77. The molecule has 0 aliphatic carbocycles. The highest BCUT2D eigenvalue weighted by Crippen LogP contribution is 2.21. The molecule has 1 unspecified atom stereocenters. The molecule has 24 heavy (non-hydrogen) atoms. The predicted octanol–water partition coefficient (Wildman–Crippen LogP) is 1.11. The van der Waals surface area contributed by atoms with Crippen LogP contribution < -0.4 is 5.32 Å².